The predicted molar refractivity (Wildman–Crippen MR) is 113 cm³/mol. The highest BCUT2D eigenvalue weighted by molar-refractivity contribution is 8.00. The van der Waals surface area contributed by atoms with Crippen molar-refractivity contribution in [2.24, 2.45) is 0 Å². The molecule has 0 aromatic heterocycles. The number of fused-ring (bicyclic) bond motifs is 2. The molecule has 0 N–H and O–H groups in total. The first-order valence-electron chi connectivity index (χ1n) is 9.31. The van der Waals surface area contributed by atoms with Gasteiger partial charge < -0.3 is 14.4 Å². The molecule has 0 bridgehead atoms. The number of thioether (sulfide) groups is 1. The van der Waals surface area contributed by atoms with Crippen LogP contribution in [0.25, 0.3) is 10.8 Å². The summed E-state index contributed by atoms with van der Waals surface area (Å²) in [6, 6.07) is 18.6. The van der Waals surface area contributed by atoms with Crippen molar-refractivity contribution in [2.45, 2.75) is 17.9 Å². The quantitative estimate of drug-likeness (QED) is 0.597. The second kappa shape index (κ2) is 8.15. The maximum absolute atomic E-state index is 12.8. The van der Waals surface area contributed by atoms with Crippen molar-refractivity contribution in [1.82, 2.24) is 4.90 Å². The SMILES string of the molecule is COc1cc2c(cc1OC)CN(C(=O)CSc1ccc3ccccc3c1)CC2. The zero-order valence-corrected chi connectivity index (χ0v) is 16.9. The number of hydrogen-bond donors (Lipinski definition) is 0. The Morgan fingerprint density at radius 1 is 0.964 bits per heavy atom. The molecule has 1 heterocycles. The molecule has 1 aliphatic heterocycles. The molecule has 3 aromatic carbocycles. The van der Waals surface area contributed by atoms with Gasteiger partial charge in [-0.05, 0) is 52.6 Å². The summed E-state index contributed by atoms with van der Waals surface area (Å²) in [7, 11) is 3.28. The van der Waals surface area contributed by atoms with E-state index in [1.807, 2.05) is 29.2 Å². The van der Waals surface area contributed by atoms with E-state index in [9.17, 15) is 4.79 Å². The van der Waals surface area contributed by atoms with Crippen molar-refractivity contribution in [2.75, 3.05) is 26.5 Å². The molecule has 0 radical (unpaired) electrons. The molecule has 4 nitrogen and oxygen atoms in total. The fourth-order valence-electron chi connectivity index (χ4n) is 3.59. The van der Waals surface area contributed by atoms with Gasteiger partial charge in [0.25, 0.3) is 0 Å². The number of nitrogens with zero attached hydrogens (tertiary/aromatic N) is 1. The molecule has 5 heteroatoms. The van der Waals surface area contributed by atoms with Crippen molar-refractivity contribution >= 4 is 28.4 Å². The van der Waals surface area contributed by atoms with E-state index in [4.69, 9.17) is 9.47 Å². The van der Waals surface area contributed by atoms with Gasteiger partial charge in [0, 0.05) is 18.0 Å². The minimum atomic E-state index is 0.165. The average Bonchev–Trinajstić information content (AvgIpc) is 2.75. The van der Waals surface area contributed by atoms with Crippen LogP contribution < -0.4 is 9.47 Å². The number of hydrogen-bond acceptors (Lipinski definition) is 4. The molecular formula is C23H23NO3S. The summed E-state index contributed by atoms with van der Waals surface area (Å²) < 4.78 is 10.8. The molecule has 0 saturated carbocycles. The Kier molecular flexibility index (Phi) is 5.44. The molecule has 0 saturated heterocycles. The largest absolute Gasteiger partial charge is 0.493 e. The summed E-state index contributed by atoms with van der Waals surface area (Å²) in [4.78, 5) is 15.8. The molecule has 1 amide bonds. The Balaban J connectivity index is 1.43. The monoisotopic (exact) mass is 393 g/mol. The first-order chi connectivity index (χ1) is 13.7. The van der Waals surface area contributed by atoms with Crippen LogP contribution in [0.1, 0.15) is 11.1 Å². The second-order valence-electron chi connectivity index (χ2n) is 6.84. The lowest BCUT2D eigenvalue weighted by Crippen LogP contribution is -2.37. The fourth-order valence-corrected chi connectivity index (χ4v) is 4.44. The number of carbonyl (C=O) groups excluding carboxylic acids is 1. The van der Waals surface area contributed by atoms with E-state index in [0.29, 0.717) is 18.0 Å². The summed E-state index contributed by atoms with van der Waals surface area (Å²) in [6.45, 7) is 1.35. The molecule has 0 atom stereocenters. The topological polar surface area (TPSA) is 38.8 Å². The van der Waals surface area contributed by atoms with Gasteiger partial charge in [-0.15, -0.1) is 11.8 Å². The minimum absolute atomic E-state index is 0.165. The van der Waals surface area contributed by atoms with E-state index in [2.05, 4.69) is 30.3 Å². The predicted octanol–water partition coefficient (Wildman–Crippen LogP) is 4.53. The van der Waals surface area contributed by atoms with Crippen molar-refractivity contribution < 1.29 is 14.3 Å². The number of ether oxygens (including phenoxy) is 2. The van der Waals surface area contributed by atoms with Gasteiger partial charge in [-0.1, -0.05) is 30.3 Å². The van der Waals surface area contributed by atoms with Gasteiger partial charge in [-0.25, -0.2) is 0 Å². The van der Waals surface area contributed by atoms with Crippen molar-refractivity contribution in [3.8, 4) is 11.5 Å². The van der Waals surface area contributed by atoms with E-state index in [1.54, 1.807) is 26.0 Å². The third-order valence-corrected chi connectivity index (χ3v) is 6.13. The Morgan fingerprint density at radius 3 is 2.43 bits per heavy atom. The Morgan fingerprint density at radius 2 is 1.68 bits per heavy atom. The first-order valence-corrected chi connectivity index (χ1v) is 10.3. The minimum Gasteiger partial charge on any atom is -0.493 e. The Bertz CT molecular complexity index is 1020. The van der Waals surface area contributed by atoms with Crippen molar-refractivity contribution in [1.29, 1.82) is 0 Å². The van der Waals surface area contributed by atoms with Crippen molar-refractivity contribution in [3.63, 3.8) is 0 Å². The van der Waals surface area contributed by atoms with Gasteiger partial charge in [0.1, 0.15) is 0 Å². The molecule has 0 unspecified atom stereocenters. The third-order valence-electron chi connectivity index (χ3n) is 5.15. The summed E-state index contributed by atoms with van der Waals surface area (Å²) in [5.41, 5.74) is 2.36. The highest BCUT2D eigenvalue weighted by Gasteiger charge is 2.22. The molecule has 28 heavy (non-hydrogen) atoms. The molecule has 0 spiro atoms. The van der Waals surface area contributed by atoms with Gasteiger partial charge in [0.05, 0.1) is 20.0 Å². The van der Waals surface area contributed by atoms with Gasteiger partial charge in [-0.2, -0.15) is 0 Å². The summed E-state index contributed by atoms with van der Waals surface area (Å²) in [5, 5.41) is 2.42. The van der Waals surface area contributed by atoms with Crippen LogP contribution in [0.4, 0.5) is 0 Å². The number of rotatable bonds is 5. The zero-order chi connectivity index (χ0) is 19.5. The molecule has 0 fully saturated rings. The zero-order valence-electron chi connectivity index (χ0n) is 16.1. The fraction of sp³-hybridized carbons (Fsp3) is 0.261. The summed E-state index contributed by atoms with van der Waals surface area (Å²) in [5.74, 6) is 2.06. The smallest absolute Gasteiger partial charge is 0.233 e. The van der Waals surface area contributed by atoms with E-state index in [0.717, 1.165) is 29.2 Å². The van der Waals surface area contributed by atoms with Crippen LogP contribution in [0.15, 0.2) is 59.5 Å². The molecule has 3 aromatic rings. The number of amides is 1. The summed E-state index contributed by atoms with van der Waals surface area (Å²) in [6.07, 6.45) is 0.835. The van der Waals surface area contributed by atoms with E-state index < -0.39 is 0 Å². The lowest BCUT2D eigenvalue weighted by molar-refractivity contribution is -0.129. The lowest BCUT2D eigenvalue weighted by Gasteiger charge is -2.29. The number of benzene rings is 3. The third kappa shape index (κ3) is 3.80. The van der Waals surface area contributed by atoms with Crippen molar-refractivity contribution in [3.05, 3.63) is 65.7 Å². The average molecular weight is 394 g/mol. The maximum atomic E-state index is 12.8. The lowest BCUT2D eigenvalue weighted by atomic mass is 9.99. The molecular weight excluding hydrogens is 370 g/mol. The van der Waals surface area contributed by atoms with Crippen LogP contribution in [0.2, 0.25) is 0 Å². The highest BCUT2D eigenvalue weighted by atomic mass is 32.2. The maximum Gasteiger partial charge on any atom is 0.233 e. The normalized spacial score (nSPS) is 13.3. The Hall–Kier alpha value is -2.66. The van der Waals surface area contributed by atoms with Crippen LogP contribution >= 0.6 is 11.8 Å². The van der Waals surface area contributed by atoms with Crippen LogP contribution in [-0.2, 0) is 17.8 Å². The van der Waals surface area contributed by atoms with Gasteiger partial charge >= 0.3 is 0 Å². The van der Waals surface area contributed by atoms with Crippen LogP contribution in [0.3, 0.4) is 0 Å². The van der Waals surface area contributed by atoms with Crippen LogP contribution in [0, 0.1) is 0 Å². The molecule has 4 rings (SSSR count). The highest BCUT2D eigenvalue weighted by Crippen LogP contribution is 2.33. The molecule has 144 valence electrons. The van der Waals surface area contributed by atoms with Gasteiger partial charge in [0.2, 0.25) is 5.91 Å². The molecule has 0 aliphatic carbocycles. The van der Waals surface area contributed by atoms with E-state index >= 15 is 0 Å². The van der Waals surface area contributed by atoms with E-state index in [-0.39, 0.29) is 5.91 Å². The van der Waals surface area contributed by atoms with Crippen LogP contribution in [-0.4, -0.2) is 37.3 Å². The van der Waals surface area contributed by atoms with E-state index in [1.165, 1.54) is 16.3 Å². The van der Waals surface area contributed by atoms with Gasteiger partial charge in [-0.3, -0.25) is 4.79 Å². The van der Waals surface area contributed by atoms with Crippen LogP contribution in [0.5, 0.6) is 11.5 Å². The molecule has 1 aliphatic rings. The standard InChI is InChI=1S/C23H23NO3S/c1-26-21-12-18-9-10-24(14-19(18)13-22(21)27-2)23(25)15-28-20-8-7-16-5-3-4-6-17(16)11-20/h3-8,11-13H,9-10,14-15H2,1-2H3. The second-order valence-corrected chi connectivity index (χ2v) is 7.89. The first kappa shape index (κ1) is 18.7. The Labute approximate surface area is 169 Å². The number of carbonyl (C=O) groups is 1. The summed E-state index contributed by atoms with van der Waals surface area (Å²) >= 11 is 1.60. The number of methoxy groups -OCH3 is 2. The van der Waals surface area contributed by atoms with Gasteiger partial charge in [0.15, 0.2) is 11.5 Å².